The van der Waals surface area contributed by atoms with Crippen LogP contribution in [0, 0.1) is 5.92 Å². The van der Waals surface area contributed by atoms with Gasteiger partial charge in [0.25, 0.3) is 0 Å². The Labute approximate surface area is 184 Å². The SMILES string of the molecule is CCn1c(C2CCN(CC(=O)N3CCC(C)CC3)CC2)nn(Cc2ccccc2)c1=O. The van der Waals surface area contributed by atoms with Crippen molar-refractivity contribution in [1.29, 1.82) is 0 Å². The van der Waals surface area contributed by atoms with Crippen LogP contribution in [0.15, 0.2) is 35.1 Å². The van der Waals surface area contributed by atoms with Gasteiger partial charge in [0.1, 0.15) is 5.82 Å². The van der Waals surface area contributed by atoms with E-state index in [4.69, 9.17) is 5.10 Å². The van der Waals surface area contributed by atoms with E-state index in [0.29, 0.717) is 19.6 Å². The van der Waals surface area contributed by atoms with Crippen molar-refractivity contribution in [2.45, 2.75) is 58.5 Å². The normalized spacial score (nSPS) is 19.1. The molecule has 2 fully saturated rings. The molecule has 4 rings (SSSR count). The van der Waals surface area contributed by atoms with Gasteiger partial charge in [-0.1, -0.05) is 37.3 Å². The van der Waals surface area contributed by atoms with Crippen LogP contribution < -0.4 is 5.69 Å². The zero-order valence-corrected chi connectivity index (χ0v) is 18.9. The van der Waals surface area contributed by atoms with E-state index in [1.54, 1.807) is 4.68 Å². The van der Waals surface area contributed by atoms with Gasteiger partial charge in [0, 0.05) is 25.6 Å². The zero-order valence-electron chi connectivity index (χ0n) is 18.9. The van der Waals surface area contributed by atoms with Gasteiger partial charge in [-0.2, -0.15) is 5.10 Å². The number of amides is 1. The molecule has 2 aliphatic rings. The predicted octanol–water partition coefficient (Wildman–Crippen LogP) is 2.55. The molecule has 0 bridgehead atoms. The number of rotatable bonds is 6. The van der Waals surface area contributed by atoms with Gasteiger partial charge in [0.15, 0.2) is 0 Å². The Morgan fingerprint density at radius 1 is 1.03 bits per heavy atom. The molecule has 0 aliphatic carbocycles. The molecule has 2 aliphatic heterocycles. The summed E-state index contributed by atoms with van der Waals surface area (Å²) in [5, 5.41) is 4.74. The van der Waals surface area contributed by atoms with Crippen LogP contribution >= 0.6 is 0 Å². The molecular formula is C24H35N5O2. The van der Waals surface area contributed by atoms with Crippen molar-refractivity contribution in [3.8, 4) is 0 Å². The van der Waals surface area contributed by atoms with Crippen LogP contribution in [-0.4, -0.2) is 62.8 Å². The lowest BCUT2D eigenvalue weighted by molar-refractivity contribution is -0.134. The lowest BCUT2D eigenvalue weighted by Gasteiger charge is -2.35. The van der Waals surface area contributed by atoms with E-state index in [-0.39, 0.29) is 17.5 Å². The molecule has 0 atom stereocenters. The van der Waals surface area contributed by atoms with Crippen molar-refractivity contribution in [3.63, 3.8) is 0 Å². The standard InChI is InChI=1S/C24H35N5O2/c1-3-28-23(25-29(24(28)31)17-20-7-5-4-6-8-20)21-11-13-26(14-12-21)18-22(30)27-15-9-19(2)10-16-27/h4-8,19,21H,3,9-18H2,1-2H3. The molecule has 2 aromatic rings. The van der Waals surface area contributed by atoms with Crippen LogP contribution in [0.1, 0.15) is 56.8 Å². The molecule has 7 nitrogen and oxygen atoms in total. The summed E-state index contributed by atoms with van der Waals surface area (Å²) in [7, 11) is 0. The molecule has 0 radical (unpaired) electrons. The topological polar surface area (TPSA) is 63.4 Å². The fourth-order valence-electron chi connectivity index (χ4n) is 4.81. The minimum atomic E-state index is -0.0294. The van der Waals surface area contributed by atoms with Crippen LogP contribution in [0.5, 0.6) is 0 Å². The number of piperidine rings is 2. The largest absolute Gasteiger partial charge is 0.346 e. The first-order valence-corrected chi connectivity index (χ1v) is 11.8. The Kier molecular flexibility index (Phi) is 6.90. The summed E-state index contributed by atoms with van der Waals surface area (Å²) in [6.45, 7) is 9.49. The molecule has 1 amide bonds. The summed E-state index contributed by atoms with van der Waals surface area (Å²) < 4.78 is 3.42. The van der Waals surface area contributed by atoms with Crippen LogP contribution in [0.25, 0.3) is 0 Å². The first-order chi connectivity index (χ1) is 15.0. The maximum absolute atomic E-state index is 12.9. The quantitative estimate of drug-likeness (QED) is 0.714. The lowest BCUT2D eigenvalue weighted by atomic mass is 9.95. The average molecular weight is 426 g/mol. The number of hydrogen-bond acceptors (Lipinski definition) is 4. The molecule has 0 unspecified atom stereocenters. The van der Waals surface area contributed by atoms with Crippen LogP contribution in [0.4, 0.5) is 0 Å². The van der Waals surface area contributed by atoms with E-state index in [0.717, 1.165) is 69.2 Å². The lowest BCUT2D eigenvalue weighted by Crippen LogP contribution is -2.45. The van der Waals surface area contributed by atoms with E-state index >= 15 is 0 Å². The van der Waals surface area contributed by atoms with E-state index in [1.807, 2.05) is 46.7 Å². The van der Waals surface area contributed by atoms with E-state index < -0.39 is 0 Å². The molecule has 3 heterocycles. The molecule has 31 heavy (non-hydrogen) atoms. The highest BCUT2D eigenvalue weighted by molar-refractivity contribution is 5.78. The Hall–Kier alpha value is -2.41. The van der Waals surface area contributed by atoms with E-state index in [1.165, 1.54) is 0 Å². The first kappa shape index (κ1) is 21.8. The van der Waals surface area contributed by atoms with Gasteiger partial charge < -0.3 is 4.90 Å². The number of nitrogens with zero attached hydrogens (tertiary/aromatic N) is 5. The molecule has 168 valence electrons. The molecular weight excluding hydrogens is 390 g/mol. The Bertz CT molecular complexity index is 919. The van der Waals surface area contributed by atoms with Gasteiger partial charge in [-0.15, -0.1) is 0 Å². The number of carbonyl (C=O) groups is 1. The van der Waals surface area contributed by atoms with Crippen molar-refractivity contribution in [2.24, 2.45) is 5.92 Å². The van der Waals surface area contributed by atoms with Crippen molar-refractivity contribution in [1.82, 2.24) is 24.1 Å². The molecule has 0 spiro atoms. The highest BCUT2D eigenvalue weighted by atomic mass is 16.2. The second kappa shape index (κ2) is 9.81. The molecule has 0 saturated carbocycles. The summed E-state index contributed by atoms with van der Waals surface area (Å²) in [5.41, 5.74) is 1.05. The van der Waals surface area contributed by atoms with Gasteiger partial charge in [0.2, 0.25) is 5.91 Å². The maximum atomic E-state index is 12.9. The second-order valence-electron chi connectivity index (χ2n) is 9.14. The summed E-state index contributed by atoms with van der Waals surface area (Å²) in [6, 6.07) is 10.00. The second-order valence-corrected chi connectivity index (χ2v) is 9.14. The monoisotopic (exact) mass is 425 g/mol. The first-order valence-electron chi connectivity index (χ1n) is 11.8. The van der Waals surface area contributed by atoms with Crippen molar-refractivity contribution in [2.75, 3.05) is 32.7 Å². The number of likely N-dealkylation sites (tertiary alicyclic amines) is 2. The van der Waals surface area contributed by atoms with Crippen molar-refractivity contribution in [3.05, 3.63) is 52.2 Å². The van der Waals surface area contributed by atoms with Gasteiger partial charge in [0.05, 0.1) is 13.1 Å². The Balaban J connectivity index is 1.36. The molecule has 1 aromatic heterocycles. The van der Waals surface area contributed by atoms with Crippen molar-refractivity contribution >= 4 is 5.91 Å². The number of carbonyl (C=O) groups excluding carboxylic acids is 1. The van der Waals surface area contributed by atoms with Crippen LogP contribution in [0.3, 0.4) is 0 Å². The summed E-state index contributed by atoms with van der Waals surface area (Å²) in [5.74, 6) is 2.17. The van der Waals surface area contributed by atoms with Crippen LogP contribution in [-0.2, 0) is 17.9 Å². The van der Waals surface area contributed by atoms with Gasteiger partial charge in [-0.05, 0) is 57.2 Å². The fraction of sp³-hybridized carbons (Fsp3) is 0.625. The third-order valence-electron chi connectivity index (χ3n) is 6.89. The van der Waals surface area contributed by atoms with E-state index in [2.05, 4.69) is 11.8 Å². The summed E-state index contributed by atoms with van der Waals surface area (Å²) in [6.07, 6.45) is 4.11. The van der Waals surface area contributed by atoms with Crippen LogP contribution in [0.2, 0.25) is 0 Å². The molecule has 0 N–H and O–H groups in total. The summed E-state index contributed by atoms with van der Waals surface area (Å²) >= 11 is 0. The number of aromatic nitrogens is 3. The molecule has 7 heteroatoms. The zero-order chi connectivity index (χ0) is 21.8. The maximum Gasteiger partial charge on any atom is 0.346 e. The smallest absolute Gasteiger partial charge is 0.342 e. The minimum Gasteiger partial charge on any atom is -0.342 e. The third kappa shape index (κ3) is 5.09. The third-order valence-corrected chi connectivity index (χ3v) is 6.89. The van der Waals surface area contributed by atoms with Crippen molar-refractivity contribution < 1.29 is 4.79 Å². The molecule has 1 aromatic carbocycles. The van der Waals surface area contributed by atoms with E-state index in [9.17, 15) is 9.59 Å². The Morgan fingerprint density at radius 2 is 1.71 bits per heavy atom. The highest BCUT2D eigenvalue weighted by Gasteiger charge is 2.28. The average Bonchev–Trinajstić information content (AvgIpc) is 3.10. The van der Waals surface area contributed by atoms with Gasteiger partial charge in [-0.25, -0.2) is 9.48 Å². The number of benzene rings is 1. The minimum absolute atomic E-state index is 0.0294. The number of hydrogen-bond donors (Lipinski definition) is 0. The predicted molar refractivity (Wildman–Crippen MR) is 121 cm³/mol. The summed E-state index contributed by atoms with van der Waals surface area (Å²) in [4.78, 5) is 29.9. The molecule has 2 saturated heterocycles. The highest BCUT2D eigenvalue weighted by Crippen LogP contribution is 2.26. The Morgan fingerprint density at radius 3 is 2.35 bits per heavy atom. The van der Waals surface area contributed by atoms with Gasteiger partial charge >= 0.3 is 5.69 Å². The fourth-order valence-corrected chi connectivity index (χ4v) is 4.81. The van der Waals surface area contributed by atoms with Gasteiger partial charge in [-0.3, -0.25) is 14.3 Å².